The maximum Gasteiger partial charge on any atom is 0.246 e. The SMILES string of the molecule is COCCOCC(=O)NC(C)CO. The predicted octanol–water partition coefficient (Wildman–Crippen LogP) is -0.854. The number of carbonyl (C=O) groups excluding carboxylic acids is 1. The average molecular weight is 191 g/mol. The van der Waals surface area contributed by atoms with E-state index >= 15 is 0 Å². The first-order chi connectivity index (χ1) is 6.20. The summed E-state index contributed by atoms with van der Waals surface area (Å²) in [5, 5.41) is 11.2. The Morgan fingerprint density at radius 2 is 2.23 bits per heavy atom. The van der Waals surface area contributed by atoms with Gasteiger partial charge in [-0.2, -0.15) is 0 Å². The maximum atomic E-state index is 11.0. The van der Waals surface area contributed by atoms with E-state index in [0.29, 0.717) is 13.2 Å². The normalized spacial score (nSPS) is 12.5. The van der Waals surface area contributed by atoms with Crippen LogP contribution in [-0.2, 0) is 14.3 Å². The summed E-state index contributed by atoms with van der Waals surface area (Å²) in [5.74, 6) is -0.224. The standard InChI is InChI=1S/C8H17NO4/c1-7(5-10)9-8(11)6-13-4-3-12-2/h7,10H,3-6H2,1-2H3,(H,9,11). The van der Waals surface area contributed by atoms with Crippen LogP contribution in [0.25, 0.3) is 0 Å². The summed E-state index contributed by atoms with van der Waals surface area (Å²) in [4.78, 5) is 11.0. The van der Waals surface area contributed by atoms with Crippen LogP contribution in [-0.4, -0.2) is 50.6 Å². The molecule has 78 valence electrons. The fourth-order valence-electron chi connectivity index (χ4n) is 0.669. The lowest BCUT2D eigenvalue weighted by Crippen LogP contribution is -2.37. The van der Waals surface area contributed by atoms with Crippen molar-refractivity contribution in [3.63, 3.8) is 0 Å². The highest BCUT2D eigenvalue weighted by molar-refractivity contribution is 5.77. The van der Waals surface area contributed by atoms with Crippen molar-refractivity contribution in [2.75, 3.05) is 33.5 Å². The third-order valence-corrected chi connectivity index (χ3v) is 1.35. The number of ether oxygens (including phenoxy) is 2. The minimum absolute atomic E-state index is 0.00764. The third kappa shape index (κ3) is 7.70. The van der Waals surface area contributed by atoms with E-state index in [2.05, 4.69) is 5.32 Å². The van der Waals surface area contributed by atoms with Gasteiger partial charge < -0.3 is 19.9 Å². The largest absolute Gasteiger partial charge is 0.394 e. The zero-order chi connectivity index (χ0) is 10.1. The van der Waals surface area contributed by atoms with Crippen LogP contribution >= 0.6 is 0 Å². The molecule has 1 unspecified atom stereocenters. The molecule has 0 radical (unpaired) electrons. The van der Waals surface area contributed by atoms with Gasteiger partial charge in [0.1, 0.15) is 6.61 Å². The molecule has 0 heterocycles. The van der Waals surface area contributed by atoms with Gasteiger partial charge in [-0.1, -0.05) is 0 Å². The molecule has 0 aromatic carbocycles. The number of aliphatic hydroxyl groups is 1. The zero-order valence-electron chi connectivity index (χ0n) is 8.08. The topological polar surface area (TPSA) is 67.8 Å². The second-order valence-electron chi connectivity index (χ2n) is 2.70. The average Bonchev–Trinajstić information content (AvgIpc) is 2.12. The first-order valence-electron chi connectivity index (χ1n) is 4.17. The Kier molecular flexibility index (Phi) is 7.57. The van der Waals surface area contributed by atoms with E-state index in [1.165, 1.54) is 0 Å². The van der Waals surface area contributed by atoms with E-state index in [0.717, 1.165) is 0 Å². The van der Waals surface area contributed by atoms with Crippen LogP contribution in [0.4, 0.5) is 0 Å². The van der Waals surface area contributed by atoms with E-state index < -0.39 is 0 Å². The minimum atomic E-state index is -0.224. The molecule has 0 aliphatic rings. The molecule has 5 nitrogen and oxygen atoms in total. The smallest absolute Gasteiger partial charge is 0.246 e. The summed E-state index contributed by atoms with van der Waals surface area (Å²) in [6.07, 6.45) is 0. The molecule has 0 aromatic heterocycles. The van der Waals surface area contributed by atoms with Crippen molar-refractivity contribution in [2.45, 2.75) is 13.0 Å². The van der Waals surface area contributed by atoms with Crippen LogP contribution in [0.2, 0.25) is 0 Å². The van der Waals surface area contributed by atoms with Crippen molar-refractivity contribution in [3.8, 4) is 0 Å². The highest BCUT2D eigenvalue weighted by Gasteiger charge is 2.05. The van der Waals surface area contributed by atoms with Gasteiger partial charge in [-0.3, -0.25) is 4.79 Å². The van der Waals surface area contributed by atoms with Crippen LogP contribution in [0.1, 0.15) is 6.92 Å². The van der Waals surface area contributed by atoms with Gasteiger partial charge in [0.25, 0.3) is 0 Å². The monoisotopic (exact) mass is 191 g/mol. The summed E-state index contributed by atoms with van der Waals surface area (Å²) < 4.78 is 9.69. The lowest BCUT2D eigenvalue weighted by Gasteiger charge is -2.10. The van der Waals surface area contributed by atoms with Gasteiger partial charge in [-0.05, 0) is 6.92 Å². The number of amides is 1. The lowest BCUT2D eigenvalue weighted by atomic mass is 10.3. The minimum Gasteiger partial charge on any atom is -0.394 e. The van der Waals surface area contributed by atoms with Gasteiger partial charge in [-0.25, -0.2) is 0 Å². The van der Waals surface area contributed by atoms with E-state index in [1.807, 2.05) is 0 Å². The molecule has 0 rings (SSSR count). The molecule has 2 N–H and O–H groups in total. The second kappa shape index (κ2) is 7.97. The Labute approximate surface area is 78.0 Å². The molecule has 5 heteroatoms. The molecular weight excluding hydrogens is 174 g/mol. The van der Waals surface area contributed by atoms with E-state index in [-0.39, 0.29) is 25.2 Å². The Balaban J connectivity index is 3.30. The lowest BCUT2D eigenvalue weighted by molar-refractivity contribution is -0.127. The molecule has 13 heavy (non-hydrogen) atoms. The molecule has 0 aliphatic heterocycles. The van der Waals surface area contributed by atoms with Crippen LogP contribution in [0.3, 0.4) is 0 Å². The fraction of sp³-hybridized carbons (Fsp3) is 0.875. The second-order valence-corrected chi connectivity index (χ2v) is 2.70. The predicted molar refractivity (Wildman–Crippen MR) is 47.4 cm³/mol. The molecule has 0 aromatic rings. The Bertz CT molecular complexity index is 140. The van der Waals surface area contributed by atoms with E-state index in [9.17, 15) is 4.79 Å². The summed E-state index contributed by atoms with van der Waals surface area (Å²) in [6, 6.07) is -0.224. The fourth-order valence-corrected chi connectivity index (χ4v) is 0.669. The Hall–Kier alpha value is -0.650. The number of hydrogen-bond acceptors (Lipinski definition) is 4. The van der Waals surface area contributed by atoms with Crippen molar-refractivity contribution in [3.05, 3.63) is 0 Å². The number of hydrogen-bond donors (Lipinski definition) is 2. The van der Waals surface area contributed by atoms with Crippen molar-refractivity contribution < 1.29 is 19.4 Å². The quantitative estimate of drug-likeness (QED) is 0.514. The van der Waals surface area contributed by atoms with Gasteiger partial charge >= 0.3 is 0 Å². The number of methoxy groups -OCH3 is 1. The molecule has 1 amide bonds. The van der Waals surface area contributed by atoms with Crippen LogP contribution in [0.15, 0.2) is 0 Å². The van der Waals surface area contributed by atoms with Crippen LogP contribution < -0.4 is 5.32 Å². The number of carbonyl (C=O) groups is 1. The van der Waals surface area contributed by atoms with Crippen molar-refractivity contribution in [1.82, 2.24) is 5.32 Å². The molecule has 0 fully saturated rings. The van der Waals surface area contributed by atoms with Gasteiger partial charge in [0, 0.05) is 13.2 Å². The van der Waals surface area contributed by atoms with Crippen LogP contribution in [0, 0.1) is 0 Å². The molecule has 1 atom stereocenters. The third-order valence-electron chi connectivity index (χ3n) is 1.35. The molecule has 0 saturated carbocycles. The van der Waals surface area contributed by atoms with Crippen LogP contribution in [0.5, 0.6) is 0 Å². The van der Waals surface area contributed by atoms with Gasteiger partial charge in [0.15, 0.2) is 0 Å². The summed E-state index contributed by atoms with van der Waals surface area (Å²) in [6.45, 7) is 2.53. The summed E-state index contributed by atoms with van der Waals surface area (Å²) in [5.41, 5.74) is 0. The highest BCUT2D eigenvalue weighted by Crippen LogP contribution is 1.81. The van der Waals surface area contributed by atoms with Crippen molar-refractivity contribution in [1.29, 1.82) is 0 Å². The Morgan fingerprint density at radius 1 is 1.54 bits per heavy atom. The maximum absolute atomic E-state index is 11.0. The van der Waals surface area contributed by atoms with E-state index in [4.69, 9.17) is 14.6 Å². The summed E-state index contributed by atoms with van der Waals surface area (Å²) >= 11 is 0. The van der Waals surface area contributed by atoms with Crippen molar-refractivity contribution in [2.24, 2.45) is 0 Å². The van der Waals surface area contributed by atoms with Crippen molar-refractivity contribution >= 4 is 5.91 Å². The van der Waals surface area contributed by atoms with E-state index in [1.54, 1.807) is 14.0 Å². The van der Waals surface area contributed by atoms with Gasteiger partial charge in [-0.15, -0.1) is 0 Å². The molecule has 0 saturated heterocycles. The number of nitrogens with one attached hydrogen (secondary N) is 1. The highest BCUT2D eigenvalue weighted by atomic mass is 16.5. The molecule has 0 bridgehead atoms. The number of aliphatic hydroxyl groups excluding tert-OH is 1. The first kappa shape index (κ1) is 12.3. The Morgan fingerprint density at radius 3 is 2.77 bits per heavy atom. The zero-order valence-corrected chi connectivity index (χ0v) is 8.08. The number of rotatable bonds is 7. The molecule has 0 aliphatic carbocycles. The molecular formula is C8H17NO4. The summed E-state index contributed by atoms with van der Waals surface area (Å²) in [7, 11) is 1.57. The first-order valence-corrected chi connectivity index (χ1v) is 4.17. The molecule has 0 spiro atoms. The van der Waals surface area contributed by atoms with Gasteiger partial charge in [0.2, 0.25) is 5.91 Å². The van der Waals surface area contributed by atoms with Gasteiger partial charge in [0.05, 0.1) is 19.8 Å².